The van der Waals surface area contributed by atoms with E-state index in [1.807, 2.05) is 0 Å². The van der Waals surface area contributed by atoms with Gasteiger partial charge >= 0.3 is 0 Å². The predicted octanol–water partition coefficient (Wildman–Crippen LogP) is 3.12. The molecule has 0 amide bonds. The molecular weight excluding hydrogens is 234 g/mol. The molecule has 1 unspecified atom stereocenters. The molecule has 1 aliphatic heterocycles. The van der Waals surface area contributed by atoms with Crippen LogP contribution >= 0.6 is 0 Å². The van der Waals surface area contributed by atoms with E-state index in [2.05, 4.69) is 50.0 Å². The molecule has 3 nitrogen and oxygen atoms in total. The summed E-state index contributed by atoms with van der Waals surface area (Å²) in [6, 6.07) is 5.10. The van der Waals surface area contributed by atoms with E-state index < -0.39 is 0 Å². The van der Waals surface area contributed by atoms with Crippen LogP contribution in [-0.2, 0) is 6.54 Å². The third-order valence-corrected chi connectivity index (χ3v) is 3.94. The largest absolute Gasteiger partial charge is 0.353 e. The molecule has 1 aromatic heterocycles. The van der Waals surface area contributed by atoms with Gasteiger partial charge in [-0.05, 0) is 49.9 Å². The lowest BCUT2D eigenvalue weighted by atomic mass is 10.0. The minimum atomic E-state index is 0.654. The van der Waals surface area contributed by atoms with Crippen LogP contribution in [0.25, 0.3) is 0 Å². The van der Waals surface area contributed by atoms with E-state index in [0.29, 0.717) is 12.0 Å². The molecule has 1 atom stereocenters. The second-order valence-corrected chi connectivity index (χ2v) is 5.90. The van der Waals surface area contributed by atoms with Crippen LogP contribution in [0, 0.1) is 12.8 Å². The highest BCUT2D eigenvalue weighted by Gasteiger charge is 2.28. The van der Waals surface area contributed by atoms with Gasteiger partial charge in [-0.3, -0.25) is 0 Å². The number of aromatic nitrogens is 1. The first-order valence-corrected chi connectivity index (χ1v) is 7.56. The van der Waals surface area contributed by atoms with Crippen molar-refractivity contribution in [3.05, 3.63) is 23.4 Å². The molecule has 106 valence electrons. The van der Waals surface area contributed by atoms with Gasteiger partial charge in [0.15, 0.2) is 0 Å². The summed E-state index contributed by atoms with van der Waals surface area (Å²) in [5.41, 5.74) is 2.47. The van der Waals surface area contributed by atoms with Gasteiger partial charge in [-0.1, -0.05) is 20.8 Å². The van der Waals surface area contributed by atoms with E-state index in [0.717, 1.165) is 25.3 Å². The third-order valence-electron chi connectivity index (χ3n) is 3.94. The lowest BCUT2D eigenvalue weighted by Gasteiger charge is -2.29. The van der Waals surface area contributed by atoms with Gasteiger partial charge in [0, 0.05) is 24.8 Å². The average molecular weight is 261 g/mol. The molecule has 0 aliphatic carbocycles. The second-order valence-electron chi connectivity index (χ2n) is 5.90. The second kappa shape index (κ2) is 6.38. The highest BCUT2D eigenvalue weighted by atomic mass is 15.2. The first-order valence-electron chi connectivity index (χ1n) is 7.56. The van der Waals surface area contributed by atoms with Crippen LogP contribution in [0.3, 0.4) is 0 Å². The summed E-state index contributed by atoms with van der Waals surface area (Å²) < 4.78 is 0. The zero-order valence-electron chi connectivity index (χ0n) is 12.7. The van der Waals surface area contributed by atoms with Crippen LogP contribution in [-0.4, -0.2) is 24.1 Å². The molecule has 0 saturated carbocycles. The summed E-state index contributed by atoms with van der Waals surface area (Å²) in [6.07, 6.45) is 2.59. The van der Waals surface area contributed by atoms with E-state index in [4.69, 9.17) is 4.98 Å². The summed E-state index contributed by atoms with van der Waals surface area (Å²) in [5.74, 6) is 1.87. The monoisotopic (exact) mass is 261 g/mol. The van der Waals surface area contributed by atoms with Crippen LogP contribution in [0.5, 0.6) is 0 Å². The number of hydrogen-bond donors (Lipinski definition) is 1. The Morgan fingerprint density at radius 1 is 1.42 bits per heavy atom. The molecule has 2 rings (SSSR count). The topological polar surface area (TPSA) is 28.2 Å². The Bertz CT molecular complexity index is 414. The van der Waals surface area contributed by atoms with Gasteiger partial charge < -0.3 is 10.2 Å². The molecule has 1 N–H and O–H groups in total. The standard InChI is InChI=1S/C16H27N3/c1-5-17-11-14-9-13(4)18-16(10-14)19-8-6-7-15(19)12(2)3/h9-10,12,15,17H,5-8,11H2,1-4H3. The normalized spacial score (nSPS) is 19.4. The fraction of sp³-hybridized carbons (Fsp3) is 0.688. The molecule has 0 bridgehead atoms. The van der Waals surface area contributed by atoms with Crippen LogP contribution < -0.4 is 10.2 Å². The van der Waals surface area contributed by atoms with Gasteiger partial charge in [0.05, 0.1) is 0 Å². The van der Waals surface area contributed by atoms with Gasteiger partial charge in [0.2, 0.25) is 0 Å². The first-order chi connectivity index (χ1) is 9.11. The Morgan fingerprint density at radius 2 is 2.21 bits per heavy atom. The highest BCUT2D eigenvalue weighted by molar-refractivity contribution is 5.45. The maximum Gasteiger partial charge on any atom is 0.129 e. The molecule has 1 saturated heterocycles. The van der Waals surface area contributed by atoms with Crippen LogP contribution in [0.2, 0.25) is 0 Å². The zero-order chi connectivity index (χ0) is 13.8. The van der Waals surface area contributed by atoms with Crippen molar-refractivity contribution in [1.29, 1.82) is 0 Å². The summed E-state index contributed by atoms with van der Waals surface area (Å²) in [4.78, 5) is 7.26. The lowest BCUT2D eigenvalue weighted by molar-refractivity contribution is 0.489. The van der Waals surface area contributed by atoms with Gasteiger partial charge in [-0.2, -0.15) is 0 Å². The average Bonchev–Trinajstić information content (AvgIpc) is 2.85. The Balaban J connectivity index is 2.21. The molecule has 1 fully saturated rings. The number of aryl methyl sites for hydroxylation is 1. The van der Waals surface area contributed by atoms with Crippen molar-refractivity contribution in [3.8, 4) is 0 Å². The maximum absolute atomic E-state index is 4.75. The third kappa shape index (κ3) is 3.47. The molecule has 2 heterocycles. The first kappa shape index (κ1) is 14.3. The SMILES string of the molecule is CCNCc1cc(C)nc(N2CCCC2C(C)C)c1. The Labute approximate surface area is 117 Å². The van der Waals surface area contributed by atoms with Gasteiger partial charge in [0.25, 0.3) is 0 Å². The fourth-order valence-corrected chi connectivity index (χ4v) is 3.01. The van der Waals surface area contributed by atoms with Crippen molar-refractivity contribution in [3.63, 3.8) is 0 Å². The smallest absolute Gasteiger partial charge is 0.129 e. The maximum atomic E-state index is 4.75. The molecule has 0 spiro atoms. The van der Waals surface area contributed by atoms with Crippen molar-refractivity contribution in [2.24, 2.45) is 5.92 Å². The van der Waals surface area contributed by atoms with E-state index >= 15 is 0 Å². The Morgan fingerprint density at radius 3 is 2.89 bits per heavy atom. The fourth-order valence-electron chi connectivity index (χ4n) is 3.01. The van der Waals surface area contributed by atoms with E-state index in [1.54, 1.807) is 0 Å². The highest BCUT2D eigenvalue weighted by Crippen LogP contribution is 2.29. The zero-order valence-corrected chi connectivity index (χ0v) is 12.7. The van der Waals surface area contributed by atoms with Gasteiger partial charge in [0.1, 0.15) is 5.82 Å². The number of rotatable bonds is 5. The predicted molar refractivity (Wildman–Crippen MR) is 81.6 cm³/mol. The van der Waals surface area contributed by atoms with E-state index in [-0.39, 0.29) is 0 Å². The molecule has 0 radical (unpaired) electrons. The summed E-state index contributed by atoms with van der Waals surface area (Å²) >= 11 is 0. The van der Waals surface area contributed by atoms with Crippen molar-refractivity contribution in [2.75, 3.05) is 18.0 Å². The number of anilines is 1. The molecular formula is C16H27N3. The van der Waals surface area contributed by atoms with Gasteiger partial charge in [-0.25, -0.2) is 4.98 Å². The Kier molecular flexibility index (Phi) is 4.81. The molecule has 19 heavy (non-hydrogen) atoms. The van der Waals surface area contributed by atoms with Crippen LogP contribution in [0.4, 0.5) is 5.82 Å². The number of nitrogens with zero attached hydrogens (tertiary/aromatic N) is 2. The number of pyridine rings is 1. The number of nitrogens with one attached hydrogen (secondary N) is 1. The number of hydrogen-bond acceptors (Lipinski definition) is 3. The molecule has 3 heteroatoms. The summed E-state index contributed by atoms with van der Waals surface area (Å²) in [5, 5.41) is 3.40. The summed E-state index contributed by atoms with van der Waals surface area (Å²) in [7, 11) is 0. The summed E-state index contributed by atoms with van der Waals surface area (Å²) in [6.45, 7) is 12.0. The van der Waals surface area contributed by atoms with Crippen molar-refractivity contribution in [1.82, 2.24) is 10.3 Å². The minimum Gasteiger partial charge on any atom is -0.353 e. The van der Waals surface area contributed by atoms with Crippen molar-refractivity contribution >= 4 is 5.82 Å². The quantitative estimate of drug-likeness (QED) is 0.882. The van der Waals surface area contributed by atoms with Crippen LogP contribution in [0.1, 0.15) is 44.9 Å². The Hall–Kier alpha value is -1.09. The minimum absolute atomic E-state index is 0.654. The van der Waals surface area contributed by atoms with Crippen LogP contribution in [0.15, 0.2) is 12.1 Å². The van der Waals surface area contributed by atoms with Gasteiger partial charge in [-0.15, -0.1) is 0 Å². The van der Waals surface area contributed by atoms with Crippen molar-refractivity contribution < 1.29 is 0 Å². The molecule has 0 aromatic carbocycles. The molecule has 1 aliphatic rings. The van der Waals surface area contributed by atoms with E-state index in [9.17, 15) is 0 Å². The lowest BCUT2D eigenvalue weighted by Crippen LogP contribution is -2.34. The van der Waals surface area contributed by atoms with E-state index in [1.165, 1.54) is 24.2 Å². The molecule has 1 aromatic rings. The van der Waals surface area contributed by atoms with Crippen molar-refractivity contribution in [2.45, 2.75) is 53.1 Å².